The van der Waals surface area contributed by atoms with Crippen LogP contribution in [0.3, 0.4) is 0 Å². The van der Waals surface area contributed by atoms with Gasteiger partial charge in [-0.05, 0) is 25.1 Å². The van der Waals surface area contributed by atoms with Crippen LogP contribution < -0.4 is 5.14 Å². The van der Waals surface area contributed by atoms with Crippen LogP contribution in [0.25, 0.3) is 0 Å². The first-order chi connectivity index (χ1) is 9.27. The van der Waals surface area contributed by atoms with Gasteiger partial charge >= 0.3 is 0 Å². The van der Waals surface area contributed by atoms with Crippen molar-refractivity contribution in [2.75, 3.05) is 19.6 Å². The summed E-state index contributed by atoms with van der Waals surface area (Å²) in [5.74, 6) is 0. The van der Waals surface area contributed by atoms with Crippen molar-refractivity contribution >= 4 is 33.2 Å². The quantitative estimate of drug-likeness (QED) is 0.868. The highest BCUT2D eigenvalue weighted by atomic mass is 35.5. The number of benzene rings is 1. The summed E-state index contributed by atoms with van der Waals surface area (Å²) >= 11 is 11.8. The zero-order valence-corrected chi connectivity index (χ0v) is 13.0. The molecule has 1 aromatic rings. The Morgan fingerprint density at radius 1 is 1.45 bits per heavy atom. The summed E-state index contributed by atoms with van der Waals surface area (Å²) in [5, 5.41) is 15.7. The summed E-state index contributed by atoms with van der Waals surface area (Å²) in [6, 6.07) is 4.89. The molecule has 2 rings (SSSR count). The second-order valence-electron chi connectivity index (χ2n) is 4.94. The molecule has 0 bridgehead atoms. The van der Waals surface area contributed by atoms with Gasteiger partial charge in [0.1, 0.15) is 0 Å². The average molecular weight is 339 g/mol. The van der Waals surface area contributed by atoms with E-state index in [-0.39, 0.29) is 0 Å². The third kappa shape index (κ3) is 3.84. The number of sulfonamides is 1. The Hall–Kier alpha value is -0.370. The van der Waals surface area contributed by atoms with Crippen molar-refractivity contribution in [2.45, 2.75) is 17.8 Å². The van der Waals surface area contributed by atoms with Gasteiger partial charge in [-0.1, -0.05) is 29.3 Å². The molecule has 1 aliphatic heterocycles. The molecule has 1 aromatic carbocycles. The molecule has 1 aliphatic rings. The van der Waals surface area contributed by atoms with E-state index in [2.05, 4.69) is 0 Å². The van der Waals surface area contributed by atoms with Gasteiger partial charge in [-0.25, -0.2) is 13.6 Å². The molecule has 1 saturated heterocycles. The van der Waals surface area contributed by atoms with Gasteiger partial charge in [-0.15, -0.1) is 0 Å². The summed E-state index contributed by atoms with van der Waals surface area (Å²) in [7, 11) is -3.52. The van der Waals surface area contributed by atoms with Crippen molar-refractivity contribution in [1.82, 2.24) is 4.90 Å². The number of nitrogens with two attached hydrogens (primary N) is 1. The molecular weight excluding hydrogens is 323 g/mol. The second kappa shape index (κ2) is 6.17. The maximum atomic E-state index is 11.3. The molecule has 1 heterocycles. The largest absolute Gasteiger partial charge is 0.387 e. The molecule has 0 saturated carbocycles. The zero-order chi connectivity index (χ0) is 14.9. The van der Waals surface area contributed by atoms with E-state index in [1.807, 2.05) is 4.90 Å². The van der Waals surface area contributed by atoms with Crippen LogP contribution in [0.4, 0.5) is 0 Å². The Bertz CT molecular complexity index is 594. The smallest absolute Gasteiger partial charge is 0.213 e. The number of aliphatic hydroxyl groups is 1. The van der Waals surface area contributed by atoms with E-state index < -0.39 is 21.4 Å². The first-order valence-electron chi connectivity index (χ1n) is 6.14. The molecule has 5 nitrogen and oxygen atoms in total. The van der Waals surface area contributed by atoms with Crippen molar-refractivity contribution in [3.63, 3.8) is 0 Å². The number of primary sulfonamides is 1. The van der Waals surface area contributed by atoms with E-state index >= 15 is 0 Å². The molecule has 0 aromatic heterocycles. The van der Waals surface area contributed by atoms with Crippen LogP contribution in [0.5, 0.6) is 0 Å². The maximum Gasteiger partial charge on any atom is 0.213 e. The topological polar surface area (TPSA) is 83.6 Å². The SMILES string of the molecule is NS(=O)(=O)C1CCN(C[C@@H](O)c2ccc(Cl)cc2Cl)C1. The molecule has 1 fully saturated rings. The Kier molecular flexibility index (Phi) is 4.94. The van der Waals surface area contributed by atoms with Crippen molar-refractivity contribution in [3.05, 3.63) is 33.8 Å². The summed E-state index contributed by atoms with van der Waals surface area (Å²) in [6.07, 6.45) is -0.307. The van der Waals surface area contributed by atoms with Crippen LogP contribution in [0.15, 0.2) is 18.2 Å². The van der Waals surface area contributed by atoms with Gasteiger partial charge in [-0.2, -0.15) is 0 Å². The standard InChI is InChI=1S/C12H16Cl2N2O3S/c13-8-1-2-10(11(14)5-8)12(17)7-16-4-3-9(6-16)20(15,18)19/h1-2,5,9,12,17H,3-4,6-7H2,(H2,15,18,19)/t9?,12-/m1/s1. The van der Waals surface area contributed by atoms with E-state index in [1.165, 1.54) is 0 Å². The van der Waals surface area contributed by atoms with Crippen LogP contribution in [0.1, 0.15) is 18.1 Å². The summed E-state index contributed by atoms with van der Waals surface area (Å²) in [5.41, 5.74) is 0.579. The van der Waals surface area contributed by atoms with Crippen LogP contribution >= 0.6 is 23.2 Å². The Morgan fingerprint density at radius 3 is 2.70 bits per heavy atom. The van der Waals surface area contributed by atoms with Crippen molar-refractivity contribution < 1.29 is 13.5 Å². The number of likely N-dealkylation sites (tertiary alicyclic amines) is 1. The van der Waals surface area contributed by atoms with Gasteiger partial charge < -0.3 is 5.11 Å². The molecular formula is C12H16Cl2N2O3S. The van der Waals surface area contributed by atoms with Gasteiger partial charge in [0.15, 0.2) is 0 Å². The number of β-amino-alcohol motifs (C(OH)–C–C–N with tert-alkyl or cyclic N) is 1. The fourth-order valence-electron chi connectivity index (χ4n) is 2.35. The van der Waals surface area contributed by atoms with Crippen molar-refractivity contribution in [1.29, 1.82) is 0 Å². The summed E-state index contributed by atoms with van der Waals surface area (Å²) < 4.78 is 22.6. The monoisotopic (exact) mass is 338 g/mol. The van der Waals surface area contributed by atoms with E-state index in [9.17, 15) is 13.5 Å². The molecule has 2 atom stereocenters. The predicted octanol–water partition coefficient (Wildman–Crippen LogP) is 1.39. The van der Waals surface area contributed by atoms with E-state index in [4.69, 9.17) is 28.3 Å². The second-order valence-corrected chi connectivity index (χ2v) is 7.63. The lowest BCUT2D eigenvalue weighted by Gasteiger charge is -2.20. The number of halogens is 2. The number of nitrogens with zero attached hydrogens (tertiary/aromatic N) is 1. The first kappa shape index (κ1) is 16.0. The molecule has 0 radical (unpaired) electrons. The molecule has 112 valence electrons. The average Bonchev–Trinajstić information content (AvgIpc) is 2.76. The minimum atomic E-state index is -3.52. The highest BCUT2D eigenvalue weighted by molar-refractivity contribution is 7.89. The molecule has 1 unspecified atom stereocenters. The minimum Gasteiger partial charge on any atom is -0.387 e. The molecule has 8 heteroatoms. The summed E-state index contributed by atoms with van der Waals surface area (Å²) in [4.78, 5) is 1.87. The number of rotatable bonds is 4. The number of aliphatic hydroxyl groups excluding tert-OH is 1. The molecule has 3 N–H and O–H groups in total. The fourth-order valence-corrected chi connectivity index (χ4v) is 3.73. The van der Waals surface area contributed by atoms with Crippen molar-refractivity contribution in [3.8, 4) is 0 Å². The minimum absolute atomic E-state index is 0.313. The lowest BCUT2D eigenvalue weighted by atomic mass is 10.1. The van der Waals surface area contributed by atoms with Gasteiger partial charge in [0, 0.05) is 28.7 Å². The number of hydrogen-bond acceptors (Lipinski definition) is 4. The van der Waals surface area contributed by atoms with Gasteiger partial charge in [0.2, 0.25) is 10.0 Å². The third-order valence-electron chi connectivity index (χ3n) is 3.45. The predicted molar refractivity (Wildman–Crippen MR) is 79.4 cm³/mol. The lowest BCUT2D eigenvalue weighted by Crippen LogP contribution is -2.33. The fraction of sp³-hybridized carbons (Fsp3) is 0.500. The zero-order valence-electron chi connectivity index (χ0n) is 10.7. The maximum absolute atomic E-state index is 11.3. The lowest BCUT2D eigenvalue weighted by molar-refractivity contribution is 0.126. The molecule has 0 spiro atoms. The van der Waals surface area contributed by atoms with Gasteiger partial charge in [0.25, 0.3) is 0 Å². The van der Waals surface area contributed by atoms with Crippen molar-refractivity contribution in [2.24, 2.45) is 5.14 Å². The molecule has 0 amide bonds. The Morgan fingerprint density at radius 2 is 2.15 bits per heavy atom. The molecule has 0 aliphatic carbocycles. The third-order valence-corrected chi connectivity index (χ3v) is 5.32. The van der Waals surface area contributed by atoms with Crippen LogP contribution in [-0.2, 0) is 10.0 Å². The van der Waals surface area contributed by atoms with Crippen LogP contribution in [0.2, 0.25) is 10.0 Å². The van der Waals surface area contributed by atoms with Crippen LogP contribution in [0, 0.1) is 0 Å². The van der Waals surface area contributed by atoms with Crippen LogP contribution in [-0.4, -0.2) is 43.3 Å². The van der Waals surface area contributed by atoms with Gasteiger partial charge in [0.05, 0.1) is 11.4 Å². The first-order valence-corrected chi connectivity index (χ1v) is 8.51. The Balaban J connectivity index is 2.01. The van der Waals surface area contributed by atoms with E-state index in [0.29, 0.717) is 41.7 Å². The van der Waals surface area contributed by atoms with E-state index in [0.717, 1.165) is 0 Å². The highest BCUT2D eigenvalue weighted by Gasteiger charge is 2.31. The molecule has 20 heavy (non-hydrogen) atoms. The van der Waals surface area contributed by atoms with Gasteiger partial charge in [-0.3, -0.25) is 4.90 Å². The van der Waals surface area contributed by atoms with E-state index in [1.54, 1.807) is 18.2 Å². The number of hydrogen-bond donors (Lipinski definition) is 2. The highest BCUT2D eigenvalue weighted by Crippen LogP contribution is 2.28. The normalized spacial score (nSPS) is 22.1. The Labute approximate surface area is 128 Å². The summed E-state index contributed by atoms with van der Waals surface area (Å²) in [6.45, 7) is 1.23.